The molecule has 0 bridgehead atoms. The first-order valence-corrected chi connectivity index (χ1v) is 7.77. The second kappa shape index (κ2) is 7.31. The van der Waals surface area contributed by atoms with Crippen LogP contribution in [-0.2, 0) is 9.59 Å². The first-order chi connectivity index (χ1) is 12.0. The summed E-state index contributed by atoms with van der Waals surface area (Å²) in [5.41, 5.74) is 0.896. The third-order valence-corrected chi connectivity index (χ3v) is 3.84. The Morgan fingerprint density at radius 1 is 1.28 bits per heavy atom. The normalized spacial score (nSPS) is 14.5. The summed E-state index contributed by atoms with van der Waals surface area (Å²) in [5.74, 6) is -0.673. The number of hydrogen-bond donors (Lipinski definition) is 2. The highest BCUT2D eigenvalue weighted by atomic mass is 19.1. The molecular weight excluding hydrogens is 327 g/mol. The van der Waals surface area contributed by atoms with Crippen molar-refractivity contribution in [1.82, 2.24) is 5.32 Å². The predicted molar refractivity (Wildman–Crippen MR) is 88.7 cm³/mol. The van der Waals surface area contributed by atoms with E-state index < -0.39 is 17.8 Å². The largest absolute Gasteiger partial charge is 0.482 e. The van der Waals surface area contributed by atoms with Crippen molar-refractivity contribution in [3.05, 3.63) is 59.9 Å². The van der Waals surface area contributed by atoms with Gasteiger partial charge >= 0.3 is 0 Å². The molecule has 1 atom stereocenters. The van der Waals surface area contributed by atoms with E-state index in [1.165, 1.54) is 23.1 Å². The number of para-hydroxylation sites is 2. The average molecular weight is 344 g/mol. The molecule has 0 saturated carbocycles. The maximum absolute atomic E-state index is 13.2. The maximum Gasteiger partial charge on any atom is 0.265 e. The number of nitrogens with zero attached hydrogens (tertiary/aromatic N) is 1. The van der Waals surface area contributed by atoms with Gasteiger partial charge in [-0.05, 0) is 29.8 Å². The highest BCUT2D eigenvalue weighted by Gasteiger charge is 2.27. The minimum Gasteiger partial charge on any atom is -0.482 e. The summed E-state index contributed by atoms with van der Waals surface area (Å²) >= 11 is 0. The summed E-state index contributed by atoms with van der Waals surface area (Å²) in [6.07, 6.45) is -1.03. The number of aliphatic hydroxyl groups is 1. The molecule has 2 N–H and O–H groups in total. The highest BCUT2D eigenvalue weighted by molar-refractivity contribution is 6.02. The summed E-state index contributed by atoms with van der Waals surface area (Å²) in [4.78, 5) is 25.5. The second-order valence-corrected chi connectivity index (χ2v) is 5.61. The van der Waals surface area contributed by atoms with Gasteiger partial charge in [0.15, 0.2) is 6.61 Å². The molecule has 130 valence electrons. The van der Waals surface area contributed by atoms with Crippen LogP contribution in [0.1, 0.15) is 11.7 Å². The van der Waals surface area contributed by atoms with Crippen LogP contribution >= 0.6 is 0 Å². The number of carbonyl (C=O) groups is 2. The Morgan fingerprint density at radius 3 is 2.88 bits per heavy atom. The van der Waals surface area contributed by atoms with Crippen LogP contribution in [-0.4, -0.2) is 36.6 Å². The zero-order chi connectivity index (χ0) is 17.8. The number of nitrogens with one attached hydrogen (secondary N) is 1. The molecule has 0 saturated heterocycles. The Kier molecular flexibility index (Phi) is 4.95. The molecule has 1 heterocycles. The Labute approximate surface area is 143 Å². The number of fused-ring (bicyclic) bond motifs is 1. The van der Waals surface area contributed by atoms with Gasteiger partial charge in [-0.1, -0.05) is 24.3 Å². The first kappa shape index (κ1) is 16.9. The van der Waals surface area contributed by atoms with Crippen LogP contribution in [0.3, 0.4) is 0 Å². The lowest BCUT2D eigenvalue weighted by atomic mass is 10.1. The zero-order valence-corrected chi connectivity index (χ0v) is 13.3. The lowest BCUT2D eigenvalue weighted by molar-refractivity contribution is -0.125. The van der Waals surface area contributed by atoms with E-state index >= 15 is 0 Å². The quantitative estimate of drug-likeness (QED) is 0.859. The Balaban J connectivity index is 1.60. The Hall–Kier alpha value is -2.93. The molecule has 2 aromatic rings. The van der Waals surface area contributed by atoms with Gasteiger partial charge < -0.3 is 15.2 Å². The monoisotopic (exact) mass is 344 g/mol. The molecule has 6 nitrogen and oxygen atoms in total. The number of hydrogen-bond acceptors (Lipinski definition) is 4. The highest BCUT2D eigenvalue weighted by Crippen LogP contribution is 2.31. The minimum absolute atomic E-state index is 0.0809. The van der Waals surface area contributed by atoms with E-state index in [9.17, 15) is 19.1 Å². The van der Waals surface area contributed by atoms with Gasteiger partial charge in [0, 0.05) is 6.54 Å². The SMILES string of the molecule is O=C(CN1C(=O)COc2ccccc21)NCC(O)c1cccc(F)c1. The molecule has 1 unspecified atom stereocenters. The molecule has 0 aromatic heterocycles. The zero-order valence-electron chi connectivity index (χ0n) is 13.3. The summed E-state index contributed by atoms with van der Waals surface area (Å²) < 4.78 is 18.5. The van der Waals surface area contributed by atoms with Crippen LogP contribution in [0.25, 0.3) is 0 Å². The van der Waals surface area contributed by atoms with Crippen molar-refractivity contribution in [2.24, 2.45) is 0 Å². The van der Waals surface area contributed by atoms with Crippen molar-refractivity contribution in [1.29, 1.82) is 0 Å². The number of halogens is 1. The van der Waals surface area contributed by atoms with Crippen molar-refractivity contribution in [2.75, 3.05) is 24.6 Å². The van der Waals surface area contributed by atoms with Gasteiger partial charge in [-0.2, -0.15) is 0 Å². The molecule has 0 aliphatic carbocycles. The summed E-state index contributed by atoms with van der Waals surface area (Å²) in [7, 11) is 0. The fourth-order valence-electron chi connectivity index (χ4n) is 2.57. The smallest absolute Gasteiger partial charge is 0.265 e. The van der Waals surface area contributed by atoms with Crippen LogP contribution in [0, 0.1) is 5.82 Å². The van der Waals surface area contributed by atoms with Gasteiger partial charge in [0.1, 0.15) is 18.1 Å². The van der Waals surface area contributed by atoms with E-state index in [0.29, 0.717) is 17.0 Å². The van der Waals surface area contributed by atoms with Gasteiger partial charge in [0.25, 0.3) is 5.91 Å². The van der Waals surface area contributed by atoms with Gasteiger partial charge in [-0.3, -0.25) is 14.5 Å². The van der Waals surface area contributed by atoms with E-state index in [4.69, 9.17) is 4.74 Å². The number of amides is 2. The van der Waals surface area contributed by atoms with E-state index in [1.807, 2.05) is 0 Å². The van der Waals surface area contributed by atoms with E-state index in [-0.39, 0.29) is 25.6 Å². The Bertz CT molecular complexity index is 796. The molecule has 0 radical (unpaired) electrons. The first-order valence-electron chi connectivity index (χ1n) is 7.77. The molecule has 1 aliphatic rings. The fraction of sp³-hybridized carbons (Fsp3) is 0.222. The molecule has 3 rings (SSSR count). The topological polar surface area (TPSA) is 78.9 Å². The molecule has 7 heteroatoms. The Morgan fingerprint density at radius 2 is 2.08 bits per heavy atom. The lowest BCUT2D eigenvalue weighted by Gasteiger charge is -2.28. The van der Waals surface area contributed by atoms with Crippen LogP contribution < -0.4 is 15.0 Å². The van der Waals surface area contributed by atoms with Crippen LogP contribution in [0.5, 0.6) is 5.75 Å². The molecule has 1 aliphatic heterocycles. The van der Waals surface area contributed by atoms with E-state index in [2.05, 4.69) is 5.32 Å². The number of aliphatic hydroxyl groups excluding tert-OH is 1. The maximum atomic E-state index is 13.2. The summed E-state index contributed by atoms with van der Waals surface area (Å²) in [5, 5.41) is 12.6. The lowest BCUT2D eigenvalue weighted by Crippen LogP contribution is -2.45. The molecule has 0 fully saturated rings. The summed E-state index contributed by atoms with van der Waals surface area (Å²) in [6, 6.07) is 12.5. The molecule has 2 amide bonds. The number of anilines is 1. The van der Waals surface area contributed by atoms with Crippen LogP contribution in [0.2, 0.25) is 0 Å². The van der Waals surface area contributed by atoms with E-state index in [1.54, 1.807) is 30.3 Å². The van der Waals surface area contributed by atoms with Crippen molar-refractivity contribution in [3.8, 4) is 5.75 Å². The number of ether oxygens (including phenoxy) is 1. The van der Waals surface area contributed by atoms with Crippen molar-refractivity contribution in [2.45, 2.75) is 6.10 Å². The molecular formula is C18H17FN2O4. The standard InChI is InChI=1S/C18H17FN2O4/c19-13-5-3-4-12(8-13)15(22)9-20-17(23)10-21-14-6-1-2-7-16(14)25-11-18(21)24/h1-8,15,22H,9-11H2,(H,20,23). The van der Waals surface area contributed by atoms with Gasteiger partial charge in [0.05, 0.1) is 11.8 Å². The van der Waals surface area contributed by atoms with Crippen molar-refractivity contribution >= 4 is 17.5 Å². The number of rotatable bonds is 5. The third-order valence-electron chi connectivity index (χ3n) is 3.84. The number of benzene rings is 2. The number of carbonyl (C=O) groups excluding carboxylic acids is 2. The summed E-state index contributed by atoms with van der Waals surface area (Å²) in [6.45, 7) is -0.395. The van der Waals surface area contributed by atoms with E-state index in [0.717, 1.165) is 0 Å². The van der Waals surface area contributed by atoms with Crippen LogP contribution in [0.15, 0.2) is 48.5 Å². The second-order valence-electron chi connectivity index (χ2n) is 5.61. The minimum atomic E-state index is -1.03. The van der Waals surface area contributed by atoms with Gasteiger partial charge in [-0.25, -0.2) is 4.39 Å². The van der Waals surface area contributed by atoms with Crippen molar-refractivity contribution in [3.63, 3.8) is 0 Å². The van der Waals surface area contributed by atoms with Gasteiger partial charge in [-0.15, -0.1) is 0 Å². The molecule has 2 aromatic carbocycles. The molecule has 25 heavy (non-hydrogen) atoms. The third kappa shape index (κ3) is 3.95. The van der Waals surface area contributed by atoms with Crippen molar-refractivity contribution < 1.29 is 23.8 Å². The average Bonchev–Trinajstić information content (AvgIpc) is 2.62. The van der Waals surface area contributed by atoms with Gasteiger partial charge in [0.2, 0.25) is 5.91 Å². The van der Waals surface area contributed by atoms with Crippen LogP contribution in [0.4, 0.5) is 10.1 Å². The predicted octanol–water partition coefficient (Wildman–Crippen LogP) is 1.40. The molecule has 0 spiro atoms. The fourth-order valence-corrected chi connectivity index (χ4v) is 2.57.